The van der Waals surface area contributed by atoms with Crippen molar-refractivity contribution in [3.05, 3.63) is 70.2 Å². The van der Waals surface area contributed by atoms with Gasteiger partial charge in [-0.2, -0.15) is 0 Å². The number of hydrogen-bond donors (Lipinski definition) is 1. The first-order chi connectivity index (χ1) is 9.37. The summed E-state index contributed by atoms with van der Waals surface area (Å²) in [6.07, 6.45) is 0.166. The molecule has 0 bridgehead atoms. The topological polar surface area (TPSA) is 20.2 Å². The van der Waals surface area contributed by atoms with E-state index in [1.165, 1.54) is 24.3 Å². The molecule has 1 nitrogen and oxygen atoms in total. The summed E-state index contributed by atoms with van der Waals surface area (Å²) in [7, 11) is 0. The average molecular weight is 297 g/mol. The van der Waals surface area contributed by atoms with Crippen LogP contribution in [0.25, 0.3) is 0 Å². The highest BCUT2D eigenvalue weighted by Crippen LogP contribution is 2.24. The second-order valence-corrected chi connectivity index (χ2v) is 5.61. The Morgan fingerprint density at radius 1 is 1.00 bits per heavy atom. The van der Waals surface area contributed by atoms with Gasteiger partial charge in [0.25, 0.3) is 0 Å². The van der Waals surface area contributed by atoms with Crippen LogP contribution >= 0.6 is 11.6 Å². The van der Waals surface area contributed by atoms with Gasteiger partial charge in [-0.3, -0.25) is 0 Å². The first kappa shape index (κ1) is 14.9. The minimum Gasteiger partial charge on any atom is -0.389 e. The molecule has 0 saturated heterocycles. The molecule has 0 aromatic heterocycles. The Morgan fingerprint density at radius 3 is 2.30 bits per heavy atom. The van der Waals surface area contributed by atoms with Crippen molar-refractivity contribution in [2.45, 2.75) is 25.4 Å². The van der Waals surface area contributed by atoms with Gasteiger partial charge in [0.15, 0.2) is 0 Å². The molecule has 0 aliphatic rings. The molecule has 0 amide bonds. The van der Waals surface area contributed by atoms with Crippen molar-refractivity contribution >= 4 is 11.6 Å². The quantitative estimate of drug-likeness (QED) is 0.898. The zero-order valence-corrected chi connectivity index (χ0v) is 11.8. The summed E-state index contributed by atoms with van der Waals surface area (Å²) in [4.78, 5) is 0. The molecule has 2 rings (SSSR count). The maximum atomic E-state index is 13.7. The van der Waals surface area contributed by atoms with Gasteiger partial charge in [0.05, 0.1) is 5.60 Å². The lowest BCUT2D eigenvalue weighted by molar-refractivity contribution is 0.0590. The zero-order chi connectivity index (χ0) is 14.8. The van der Waals surface area contributed by atoms with Crippen LogP contribution in [-0.4, -0.2) is 10.7 Å². The van der Waals surface area contributed by atoms with Crippen molar-refractivity contribution in [1.29, 1.82) is 0 Å². The SMILES string of the molecule is CC(O)(Cc1ccccc1F)Cc1cc(Cl)ccc1F. The summed E-state index contributed by atoms with van der Waals surface area (Å²) < 4.78 is 27.3. The Kier molecular flexibility index (Phi) is 4.41. The van der Waals surface area contributed by atoms with Crippen LogP contribution in [0.15, 0.2) is 42.5 Å². The minimum absolute atomic E-state index is 0.0632. The molecule has 0 heterocycles. The molecule has 1 unspecified atom stereocenters. The average Bonchev–Trinajstić information content (AvgIpc) is 2.36. The van der Waals surface area contributed by atoms with E-state index in [1.54, 1.807) is 25.1 Å². The van der Waals surface area contributed by atoms with Crippen LogP contribution in [0.3, 0.4) is 0 Å². The highest BCUT2D eigenvalue weighted by atomic mass is 35.5. The van der Waals surface area contributed by atoms with Crippen molar-refractivity contribution in [2.75, 3.05) is 0 Å². The van der Waals surface area contributed by atoms with Crippen molar-refractivity contribution in [3.8, 4) is 0 Å². The van der Waals surface area contributed by atoms with Gasteiger partial charge in [-0.05, 0) is 42.3 Å². The first-order valence-electron chi connectivity index (χ1n) is 6.27. The Balaban J connectivity index is 2.19. The van der Waals surface area contributed by atoms with Crippen molar-refractivity contribution in [1.82, 2.24) is 0 Å². The molecule has 20 heavy (non-hydrogen) atoms. The number of rotatable bonds is 4. The van der Waals surface area contributed by atoms with E-state index < -0.39 is 11.4 Å². The lowest BCUT2D eigenvalue weighted by Gasteiger charge is -2.24. The van der Waals surface area contributed by atoms with Gasteiger partial charge in [-0.25, -0.2) is 8.78 Å². The summed E-state index contributed by atoms with van der Waals surface area (Å²) in [6.45, 7) is 1.56. The number of aliphatic hydroxyl groups is 1. The monoisotopic (exact) mass is 296 g/mol. The van der Waals surface area contributed by atoms with E-state index in [9.17, 15) is 13.9 Å². The maximum Gasteiger partial charge on any atom is 0.126 e. The molecule has 1 atom stereocenters. The van der Waals surface area contributed by atoms with Crippen molar-refractivity contribution in [3.63, 3.8) is 0 Å². The molecular weight excluding hydrogens is 282 g/mol. The standard InChI is InChI=1S/C16H15ClF2O/c1-16(20,9-11-4-2-3-5-14(11)18)10-12-8-13(17)6-7-15(12)19/h2-8,20H,9-10H2,1H3. The van der Waals surface area contributed by atoms with Crippen LogP contribution in [0.1, 0.15) is 18.1 Å². The van der Waals surface area contributed by atoms with Crippen LogP contribution in [0, 0.1) is 11.6 Å². The van der Waals surface area contributed by atoms with Crippen LogP contribution in [0.2, 0.25) is 5.02 Å². The third-order valence-corrected chi connectivity index (χ3v) is 3.34. The van der Waals surface area contributed by atoms with E-state index in [0.717, 1.165) is 0 Å². The molecule has 0 radical (unpaired) electrons. The molecule has 106 valence electrons. The summed E-state index contributed by atoms with van der Waals surface area (Å²) in [5.41, 5.74) is -0.535. The van der Waals surface area contributed by atoms with Crippen molar-refractivity contribution in [2.24, 2.45) is 0 Å². The minimum atomic E-state index is -1.26. The van der Waals surface area contributed by atoms with E-state index >= 15 is 0 Å². The molecule has 4 heteroatoms. The maximum absolute atomic E-state index is 13.7. The number of hydrogen-bond acceptors (Lipinski definition) is 1. The fraction of sp³-hybridized carbons (Fsp3) is 0.250. The fourth-order valence-electron chi connectivity index (χ4n) is 2.20. The summed E-state index contributed by atoms with van der Waals surface area (Å²) in [5, 5.41) is 10.8. The van der Waals surface area contributed by atoms with Crippen LogP contribution < -0.4 is 0 Å². The molecule has 0 fully saturated rings. The predicted octanol–water partition coefficient (Wildman–Crippen LogP) is 4.15. The third-order valence-electron chi connectivity index (χ3n) is 3.11. The van der Waals surface area contributed by atoms with Crippen molar-refractivity contribution < 1.29 is 13.9 Å². The van der Waals surface area contributed by atoms with Crippen LogP contribution in [-0.2, 0) is 12.8 Å². The lowest BCUT2D eigenvalue weighted by Crippen LogP contribution is -2.31. The molecule has 0 saturated carbocycles. The Morgan fingerprint density at radius 2 is 1.60 bits per heavy atom. The van der Waals surface area contributed by atoms with Gasteiger partial charge in [0.1, 0.15) is 11.6 Å². The largest absolute Gasteiger partial charge is 0.389 e. The van der Waals surface area contributed by atoms with Gasteiger partial charge in [0.2, 0.25) is 0 Å². The molecule has 2 aromatic carbocycles. The lowest BCUT2D eigenvalue weighted by atomic mass is 9.89. The second kappa shape index (κ2) is 5.90. The molecule has 0 aliphatic carbocycles. The Bertz CT molecular complexity index is 611. The second-order valence-electron chi connectivity index (χ2n) is 5.18. The van der Waals surface area contributed by atoms with Gasteiger partial charge in [-0.1, -0.05) is 29.8 Å². The Labute approximate surface area is 121 Å². The summed E-state index contributed by atoms with van der Waals surface area (Å²) >= 11 is 5.82. The van der Waals surface area contributed by atoms with Gasteiger partial charge >= 0.3 is 0 Å². The summed E-state index contributed by atoms with van der Waals surface area (Å²) in [6, 6.07) is 10.4. The normalized spacial score (nSPS) is 14.1. The molecule has 1 N–H and O–H groups in total. The van der Waals surface area contributed by atoms with E-state index in [1.807, 2.05) is 0 Å². The predicted molar refractivity (Wildman–Crippen MR) is 75.8 cm³/mol. The third kappa shape index (κ3) is 3.78. The summed E-state index contributed by atoms with van der Waals surface area (Å²) in [5.74, 6) is -0.803. The highest BCUT2D eigenvalue weighted by Gasteiger charge is 2.24. The molecule has 0 spiro atoms. The molecular formula is C16H15ClF2O. The first-order valence-corrected chi connectivity index (χ1v) is 6.65. The fourth-order valence-corrected chi connectivity index (χ4v) is 2.40. The van der Waals surface area contributed by atoms with Crippen LogP contribution in [0.5, 0.6) is 0 Å². The number of halogens is 3. The molecule has 0 aliphatic heterocycles. The smallest absolute Gasteiger partial charge is 0.126 e. The van der Waals surface area contributed by atoms with E-state index in [-0.39, 0.29) is 18.7 Å². The van der Waals surface area contributed by atoms with Gasteiger partial charge < -0.3 is 5.11 Å². The highest BCUT2D eigenvalue weighted by molar-refractivity contribution is 6.30. The van der Waals surface area contributed by atoms with Crippen LogP contribution in [0.4, 0.5) is 8.78 Å². The van der Waals surface area contributed by atoms with E-state index in [2.05, 4.69) is 0 Å². The van der Waals surface area contributed by atoms with E-state index in [0.29, 0.717) is 16.1 Å². The van der Waals surface area contributed by atoms with E-state index in [4.69, 9.17) is 11.6 Å². The van der Waals surface area contributed by atoms with Gasteiger partial charge in [-0.15, -0.1) is 0 Å². The zero-order valence-electron chi connectivity index (χ0n) is 11.0. The molecule has 2 aromatic rings. The Hall–Kier alpha value is -1.45. The van der Waals surface area contributed by atoms with Gasteiger partial charge in [0, 0.05) is 17.9 Å². The number of benzene rings is 2.